The summed E-state index contributed by atoms with van der Waals surface area (Å²) in [5.74, 6) is -1.29. The maximum atomic E-state index is 13.8. The lowest BCUT2D eigenvalue weighted by Gasteiger charge is -2.48. The Labute approximate surface area is 224 Å². The number of aliphatic hydroxyl groups is 2. The summed E-state index contributed by atoms with van der Waals surface area (Å²) in [6.45, 7) is 0.374. The maximum Gasteiger partial charge on any atom is 0.327 e. The zero-order chi connectivity index (χ0) is 27.4. The molecule has 1 aliphatic carbocycles. The van der Waals surface area contributed by atoms with Gasteiger partial charge in [0.05, 0.1) is 26.0 Å². The van der Waals surface area contributed by atoms with Gasteiger partial charge in [0, 0.05) is 25.9 Å². The molecule has 1 saturated carbocycles. The Morgan fingerprint density at radius 2 is 1.90 bits per heavy atom. The minimum absolute atomic E-state index is 0.00758. The van der Waals surface area contributed by atoms with Gasteiger partial charge in [-0.15, -0.1) is 0 Å². The summed E-state index contributed by atoms with van der Waals surface area (Å²) in [6, 6.07) is 6.49. The molecule has 4 aliphatic rings. The molecule has 3 aliphatic heterocycles. The van der Waals surface area contributed by atoms with Crippen molar-refractivity contribution < 1.29 is 48.4 Å². The van der Waals surface area contributed by atoms with Crippen molar-refractivity contribution in [1.82, 2.24) is 15.7 Å². The predicted molar refractivity (Wildman–Crippen MR) is 132 cm³/mol. The highest BCUT2D eigenvalue weighted by molar-refractivity contribution is 5.93. The topological polar surface area (TPSA) is 165 Å². The van der Waals surface area contributed by atoms with Crippen molar-refractivity contribution in [3.05, 3.63) is 41.7 Å². The number of esters is 1. The monoisotopic (exact) mass is 547 g/mol. The molecule has 1 aromatic carbocycles. The number of ether oxygens (including phenoxy) is 4. The highest BCUT2D eigenvalue weighted by atomic mass is 16.8. The number of hydrogen-bond donors (Lipinski definition) is 4. The molecular formula is C26H33N3O10. The first-order chi connectivity index (χ1) is 19.0. The average Bonchev–Trinajstić information content (AvgIpc) is 3.55. The van der Waals surface area contributed by atoms with Gasteiger partial charge in [0.2, 0.25) is 11.8 Å². The summed E-state index contributed by atoms with van der Waals surface area (Å²) >= 11 is 0. The SMILES string of the molecule is O=C(CCNC(=O)C12CC3OC(=O)C1N(Cc1ccc(C=COCCO)cc1)OC2C1OCOC31)NCCO. The van der Waals surface area contributed by atoms with E-state index in [-0.39, 0.29) is 65.0 Å². The molecule has 0 spiro atoms. The van der Waals surface area contributed by atoms with Crippen molar-refractivity contribution >= 4 is 23.9 Å². The molecule has 0 radical (unpaired) electrons. The number of hydrogen-bond acceptors (Lipinski definition) is 11. The first kappa shape index (κ1) is 27.5. The third-order valence-corrected chi connectivity index (χ3v) is 7.45. The van der Waals surface area contributed by atoms with E-state index in [0.29, 0.717) is 0 Å². The number of amides is 2. The number of hydroxylamine groups is 2. The quantitative estimate of drug-likeness (QED) is 0.141. The van der Waals surface area contributed by atoms with Crippen LogP contribution in [0, 0.1) is 5.41 Å². The van der Waals surface area contributed by atoms with Crippen molar-refractivity contribution in [2.45, 2.75) is 49.8 Å². The summed E-state index contributed by atoms with van der Waals surface area (Å²) in [6.07, 6.45) is 0.917. The van der Waals surface area contributed by atoms with Crippen LogP contribution in [-0.2, 0) is 44.7 Å². The minimum Gasteiger partial charge on any atom is -0.499 e. The second-order valence-electron chi connectivity index (χ2n) is 9.82. The number of benzene rings is 1. The highest BCUT2D eigenvalue weighted by Gasteiger charge is 2.74. The first-order valence-corrected chi connectivity index (χ1v) is 13.0. The lowest BCUT2D eigenvalue weighted by Crippen LogP contribution is -2.69. The largest absolute Gasteiger partial charge is 0.499 e. The van der Waals surface area contributed by atoms with Gasteiger partial charge in [-0.3, -0.25) is 19.2 Å². The van der Waals surface area contributed by atoms with Gasteiger partial charge < -0.3 is 39.8 Å². The van der Waals surface area contributed by atoms with E-state index >= 15 is 0 Å². The first-order valence-electron chi connectivity index (χ1n) is 13.0. The smallest absolute Gasteiger partial charge is 0.327 e. The number of aliphatic hydroxyl groups excluding tert-OH is 2. The zero-order valence-electron chi connectivity index (χ0n) is 21.3. The molecule has 5 rings (SSSR count). The number of nitrogens with one attached hydrogen (secondary N) is 2. The third-order valence-electron chi connectivity index (χ3n) is 7.45. The van der Waals surface area contributed by atoms with Crippen LogP contribution in [0.5, 0.6) is 0 Å². The molecule has 4 N–H and O–H groups in total. The molecule has 212 valence electrons. The molecular weight excluding hydrogens is 514 g/mol. The van der Waals surface area contributed by atoms with E-state index in [9.17, 15) is 14.4 Å². The summed E-state index contributed by atoms with van der Waals surface area (Å²) < 4.78 is 22.4. The molecule has 2 bridgehead atoms. The number of fused-ring (bicyclic) bond motifs is 4. The Balaban J connectivity index is 1.34. The van der Waals surface area contributed by atoms with Gasteiger partial charge in [-0.25, -0.2) is 0 Å². The van der Waals surface area contributed by atoms with Crippen molar-refractivity contribution in [3.8, 4) is 0 Å². The molecule has 6 unspecified atom stereocenters. The molecule has 39 heavy (non-hydrogen) atoms. The summed E-state index contributed by atoms with van der Waals surface area (Å²) in [7, 11) is 0. The fraction of sp³-hybridized carbons (Fsp3) is 0.577. The molecule has 3 heterocycles. The predicted octanol–water partition coefficient (Wildman–Crippen LogP) is -1.18. The van der Waals surface area contributed by atoms with E-state index in [1.165, 1.54) is 11.3 Å². The highest BCUT2D eigenvalue weighted by Crippen LogP contribution is 2.55. The number of nitrogens with zero attached hydrogens (tertiary/aromatic N) is 1. The van der Waals surface area contributed by atoms with Crippen molar-refractivity contribution in [3.63, 3.8) is 0 Å². The summed E-state index contributed by atoms with van der Waals surface area (Å²) in [5.41, 5.74) is 0.433. The Bertz CT molecular complexity index is 1080. The van der Waals surface area contributed by atoms with Gasteiger partial charge in [-0.05, 0) is 17.2 Å². The van der Waals surface area contributed by atoms with Crippen molar-refractivity contribution in [2.24, 2.45) is 5.41 Å². The van der Waals surface area contributed by atoms with Crippen LogP contribution in [0.4, 0.5) is 0 Å². The van der Waals surface area contributed by atoms with Gasteiger partial charge in [0.25, 0.3) is 0 Å². The molecule has 1 aromatic rings. The third kappa shape index (κ3) is 5.38. The lowest BCUT2D eigenvalue weighted by atomic mass is 9.62. The molecule has 2 amide bonds. The Hall–Kier alpha value is -3.07. The van der Waals surface area contributed by atoms with Gasteiger partial charge in [-0.1, -0.05) is 24.3 Å². The molecule has 0 aromatic heterocycles. The van der Waals surface area contributed by atoms with Gasteiger partial charge in [0.15, 0.2) is 6.04 Å². The number of carbonyl (C=O) groups is 3. The van der Waals surface area contributed by atoms with Gasteiger partial charge >= 0.3 is 5.97 Å². The van der Waals surface area contributed by atoms with Crippen LogP contribution >= 0.6 is 0 Å². The maximum absolute atomic E-state index is 13.8. The van der Waals surface area contributed by atoms with Crippen LogP contribution in [0.25, 0.3) is 6.08 Å². The normalized spacial score (nSPS) is 31.1. The Morgan fingerprint density at radius 1 is 1.10 bits per heavy atom. The zero-order valence-corrected chi connectivity index (χ0v) is 21.3. The molecule has 4 fully saturated rings. The summed E-state index contributed by atoms with van der Waals surface area (Å²) in [4.78, 5) is 45.4. The van der Waals surface area contributed by atoms with Crippen molar-refractivity contribution in [2.75, 3.05) is 39.7 Å². The van der Waals surface area contributed by atoms with Crippen LogP contribution in [0.3, 0.4) is 0 Å². The van der Waals surface area contributed by atoms with Crippen LogP contribution in [0.15, 0.2) is 30.5 Å². The second kappa shape index (κ2) is 12.0. The van der Waals surface area contributed by atoms with E-state index in [1.54, 1.807) is 6.08 Å². The van der Waals surface area contributed by atoms with Crippen LogP contribution in [0.2, 0.25) is 0 Å². The summed E-state index contributed by atoms with van der Waals surface area (Å²) in [5, 5.41) is 24.5. The number of carbonyl (C=O) groups excluding carboxylic acids is 3. The Morgan fingerprint density at radius 3 is 2.67 bits per heavy atom. The van der Waals surface area contributed by atoms with Crippen LogP contribution < -0.4 is 10.6 Å². The van der Waals surface area contributed by atoms with E-state index in [0.717, 1.165) is 11.1 Å². The standard InChI is InChI=1S/C26H33N3O10/c30-9-8-27-19(32)5-7-28-25(34)26-13-18-20-21(37-15-36-20)23(26)39-29(22(26)24(33)38-18)14-17-3-1-16(2-4-17)6-11-35-12-10-31/h1-4,6,11,18,20-23,30-31H,5,7-10,12-15H2,(H,27,32)(H,28,34). The molecule has 6 atom stereocenters. The van der Waals surface area contributed by atoms with Crippen LogP contribution in [0.1, 0.15) is 24.0 Å². The molecule has 13 nitrogen and oxygen atoms in total. The minimum atomic E-state index is -1.29. The Kier molecular flexibility index (Phi) is 8.45. The van der Waals surface area contributed by atoms with Crippen molar-refractivity contribution in [1.29, 1.82) is 0 Å². The lowest BCUT2D eigenvalue weighted by molar-refractivity contribution is -0.201. The second-order valence-corrected chi connectivity index (χ2v) is 9.82. The fourth-order valence-electron chi connectivity index (χ4n) is 5.73. The van der Waals surface area contributed by atoms with E-state index in [2.05, 4.69) is 10.6 Å². The molecule has 13 heteroatoms. The van der Waals surface area contributed by atoms with E-state index in [4.69, 9.17) is 34.0 Å². The number of rotatable bonds is 12. The van der Waals surface area contributed by atoms with Crippen LogP contribution in [-0.4, -0.2) is 103 Å². The average molecular weight is 548 g/mol. The van der Waals surface area contributed by atoms with Gasteiger partial charge in [0.1, 0.15) is 43.2 Å². The van der Waals surface area contributed by atoms with E-state index < -0.39 is 47.7 Å². The fourth-order valence-corrected chi connectivity index (χ4v) is 5.73. The molecule has 3 saturated heterocycles. The van der Waals surface area contributed by atoms with Gasteiger partial charge in [-0.2, -0.15) is 5.06 Å². The van der Waals surface area contributed by atoms with E-state index in [1.807, 2.05) is 24.3 Å².